The molecular weight excluding hydrogens is 236 g/mol. The van der Waals surface area contributed by atoms with Gasteiger partial charge in [0.25, 0.3) is 0 Å². The number of carbonyl (C=O) groups excluding carboxylic acids is 1. The van der Waals surface area contributed by atoms with Gasteiger partial charge in [0.05, 0.1) is 19.1 Å². The normalized spacial score (nSPS) is 25.2. The van der Waals surface area contributed by atoms with E-state index in [4.69, 9.17) is 9.84 Å². The van der Waals surface area contributed by atoms with Gasteiger partial charge in [-0.3, -0.25) is 4.79 Å². The number of rotatable bonds is 5. The first-order valence-electron chi connectivity index (χ1n) is 6.44. The highest BCUT2D eigenvalue weighted by Crippen LogP contribution is 2.43. The second-order valence-electron chi connectivity index (χ2n) is 5.31. The molecule has 1 saturated heterocycles. The van der Waals surface area contributed by atoms with E-state index in [9.17, 15) is 9.59 Å². The van der Waals surface area contributed by atoms with Gasteiger partial charge in [-0.1, -0.05) is 6.42 Å². The van der Waals surface area contributed by atoms with Crippen LogP contribution in [0.15, 0.2) is 0 Å². The Labute approximate surface area is 106 Å². The molecule has 2 rings (SSSR count). The molecule has 2 aliphatic rings. The fourth-order valence-corrected chi connectivity index (χ4v) is 2.57. The maximum atomic E-state index is 11.6. The van der Waals surface area contributed by atoms with Crippen LogP contribution >= 0.6 is 0 Å². The summed E-state index contributed by atoms with van der Waals surface area (Å²) in [6.07, 6.45) is 3.79. The number of hydrogen-bond acceptors (Lipinski definition) is 3. The monoisotopic (exact) mass is 256 g/mol. The molecule has 0 aromatic heterocycles. The van der Waals surface area contributed by atoms with E-state index in [1.807, 2.05) is 0 Å². The number of carboxylic acids is 1. The lowest BCUT2D eigenvalue weighted by atomic mass is 9.66. The number of amides is 2. The van der Waals surface area contributed by atoms with Crippen molar-refractivity contribution in [1.29, 1.82) is 0 Å². The molecule has 1 aliphatic heterocycles. The van der Waals surface area contributed by atoms with Gasteiger partial charge in [-0.25, -0.2) is 4.79 Å². The van der Waals surface area contributed by atoms with Crippen LogP contribution in [0.5, 0.6) is 0 Å². The van der Waals surface area contributed by atoms with Crippen LogP contribution < -0.4 is 10.6 Å². The van der Waals surface area contributed by atoms with Crippen molar-refractivity contribution in [2.45, 2.75) is 38.1 Å². The minimum absolute atomic E-state index is 0.0850. The van der Waals surface area contributed by atoms with Crippen LogP contribution in [0.25, 0.3) is 0 Å². The maximum Gasteiger partial charge on any atom is 0.315 e. The molecule has 3 N–H and O–H groups in total. The van der Waals surface area contributed by atoms with Crippen molar-refractivity contribution in [1.82, 2.24) is 10.6 Å². The molecule has 2 amide bonds. The van der Waals surface area contributed by atoms with E-state index in [2.05, 4.69) is 10.6 Å². The molecule has 0 aromatic carbocycles. The van der Waals surface area contributed by atoms with Crippen LogP contribution in [0.3, 0.4) is 0 Å². The SMILES string of the molecule is O=C(O)CC1(CNC(=O)NC2CCOC2)CCC1. The summed E-state index contributed by atoms with van der Waals surface area (Å²) in [6, 6.07) is -0.135. The van der Waals surface area contributed by atoms with Gasteiger partial charge in [0.1, 0.15) is 0 Å². The van der Waals surface area contributed by atoms with Crippen LogP contribution in [0.4, 0.5) is 4.79 Å². The molecule has 18 heavy (non-hydrogen) atoms. The van der Waals surface area contributed by atoms with Gasteiger partial charge < -0.3 is 20.5 Å². The first-order valence-corrected chi connectivity index (χ1v) is 6.44. The third kappa shape index (κ3) is 3.35. The fourth-order valence-electron chi connectivity index (χ4n) is 2.57. The quantitative estimate of drug-likeness (QED) is 0.676. The molecule has 1 atom stereocenters. The molecule has 6 nitrogen and oxygen atoms in total. The van der Waals surface area contributed by atoms with Crippen LogP contribution in [0, 0.1) is 5.41 Å². The highest BCUT2D eigenvalue weighted by molar-refractivity contribution is 5.74. The van der Waals surface area contributed by atoms with Gasteiger partial charge in [0.2, 0.25) is 0 Å². The Bertz CT molecular complexity index is 322. The number of ether oxygens (including phenoxy) is 1. The number of hydrogen-bond donors (Lipinski definition) is 3. The lowest BCUT2D eigenvalue weighted by Crippen LogP contribution is -2.48. The summed E-state index contributed by atoms with van der Waals surface area (Å²) in [5.74, 6) is -0.791. The Kier molecular flexibility index (Phi) is 4.06. The predicted octanol–water partition coefficient (Wildman–Crippen LogP) is 0.719. The van der Waals surface area contributed by atoms with Crippen LogP contribution in [-0.4, -0.2) is 42.9 Å². The van der Waals surface area contributed by atoms with Crippen LogP contribution in [-0.2, 0) is 9.53 Å². The smallest absolute Gasteiger partial charge is 0.315 e. The van der Waals surface area contributed by atoms with Gasteiger partial charge in [-0.2, -0.15) is 0 Å². The van der Waals surface area contributed by atoms with E-state index in [1.165, 1.54) is 0 Å². The molecule has 2 fully saturated rings. The van der Waals surface area contributed by atoms with Gasteiger partial charge in [-0.05, 0) is 24.7 Å². The molecule has 1 unspecified atom stereocenters. The van der Waals surface area contributed by atoms with Crippen LogP contribution in [0.1, 0.15) is 32.1 Å². The van der Waals surface area contributed by atoms with Crippen molar-refractivity contribution in [3.63, 3.8) is 0 Å². The highest BCUT2D eigenvalue weighted by Gasteiger charge is 2.39. The van der Waals surface area contributed by atoms with E-state index in [0.717, 1.165) is 25.7 Å². The molecule has 0 radical (unpaired) electrons. The van der Waals surface area contributed by atoms with Gasteiger partial charge in [0.15, 0.2) is 0 Å². The summed E-state index contributed by atoms with van der Waals surface area (Å²) in [7, 11) is 0. The first-order chi connectivity index (χ1) is 8.60. The van der Waals surface area contributed by atoms with Crippen molar-refractivity contribution < 1.29 is 19.4 Å². The summed E-state index contributed by atoms with van der Waals surface area (Å²) in [6.45, 7) is 1.69. The number of aliphatic carboxylic acids is 1. The summed E-state index contributed by atoms with van der Waals surface area (Å²) in [5.41, 5.74) is -0.227. The standard InChI is InChI=1S/C12H20N2O4/c15-10(16)6-12(3-1-4-12)8-13-11(17)14-9-2-5-18-7-9/h9H,1-8H2,(H,15,16)(H2,13,14,17). The van der Waals surface area contributed by atoms with Crippen molar-refractivity contribution in [2.24, 2.45) is 5.41 Å². The first kappa shape index (κ1) is 13.1. The Morgan fingerprint density at radius 2 is 2.17 bits per heavy atom. The van der Waals surface area contributed by atoms with Crippen molar-refractivity contribution >= 4 is 12.0 Å². The minimum Gasteiger partial charge on any atom is -0.481 e. The Hall–Kier alpha value is -1.30. The number of carbonyl (C=O) groups is 2. The number of carboxylic acid groups (broad SMARTS) is 1. The third-order valence-electron chi connectivity index (χ3n) is 3.83. The van der Waals surface area contributed by atoms with Gasteiger partial charge >= 0.3 is 12.0 Å². The number of urea groups is 1. The predicted molar refractivity (Wildman–Crippen MR) is 64.3 cm³/mol. The topological polar surface area (TPSA) is 87.7 Å². The fraction of sp³-hybridized carbons (Fsp3) is 0.833. The molecule has 102 valence electrons. The zero-order chi connectivity index (χ0) is 13.0. The second-order valence-corrected chi connectivity index (χ2v) is 5.31. The third-order valence-corrected chi connectivity index (χ3v) is 3.83. The lowest BCUT2D eigenvalue weighted by molar-refractivity contribution is -0.141. The zero-order valence-electron chi connectivity index (χ0n) is 10.4. The van der Waals surface area contributed by atoms with Gasteiger partial charge in [-0.15, -0.1) is 0 Å². The molecule has 1 heterocycles. The summed E-state index contributed by atoms with van der Waals surface area (Å²) >= 11 is 0. The number of nitrogens with one attached hydrogen (secondary N) is 2. The molecular formula is C12H20N2O4. The maximum absolute atomic E-state index is 11.6. The van der Waals surface area contributed by atoms with E-state index in [-0.39, 0.29) is 23.9 Å². The molecule has 0 spiro atoms. The highest BCUT2D eigenvalue weighted by atomic mass is 16.5. The molecule has 1 saturated carbocycles. The molecule has 1 aliphatic carbocycles. The van der Waals surface area contributed by atoms with E-state index >= 15 is 0 Å². The Morgan fingerprint density at radius 1 is 1.39 bits per heavy atom. The molecule has 0 aromatic rings. The average molecular weight is 256 g/mol. The Morgan fingerprint density at radius 3 is 2.67 bits per heavy atom. The lowest BCUT2D eigenvalue weighted by Gasteiger charge is -2.40. The van der Waals surface area contributed by atoms with Crippen LogP contribution in [0.2, 0.25) is 0 Å². The summed E-state index contributed by atoms with van der Waals surface area (Å²) < 4.78 is 5.17. The van der Waals surface area contributed by atoms with Crippen molar-refractivity contribution in [3.05, 3.63) is 0 Å². The largest absolute Gasteiger partial charge is 0.481 e. The van der Waals surface area contributed by atoms with E-state index < -0.39 is 5.97 Å². The summed E-state index contributed by atoms with van der Waals surface area (Å²) in [5, 5.41) is 14.5. The zero-order valence-corrected chi connectivity index (χ0v) is 10.4. The van der Waals surface area contributed by atoms with Gasteiger partial charge in [0, 0.05) is 13.2 Å². The van der Waals surface area contributed by atoms with E-state index in [1.54, 1.807) is 0 Å². The Balaban J connectivity index is 1.72. The van der Waals surface area contributed by atoms with E-state index in [0.29, 0.717) is 19.8 Å². The second kappa shape index (κ2) is 5.56. The molecule has 6 heteroatoms. The average Bonchev–Trinajstić information content (AvgIpc) is 2.74. The van der Waals surface area contributed by atoms with Crippen molar-refractivity contribution in [3.8, 4) is 0 Å². The molecule has 0 bridgehead atoms. The summed E-state index contributed by atoms with van der Waals surface area (Å²) in [4.78, 5) is 22.4. The van der Waals surface area contributed by atoms with Crippen molar-refractivity contribution in [2.75, 3.05) is 19.8 Å². The minimum atomic E-state index is -0.791.